The maximum atomic E-state index is 12.0. The molecule has 1 amide bonds. The number of amides is 1. The number of esters is 1. The minimum absolute atomic E-state index is 0.0455. The largest absolute Gasteiger partial charge is 0.462 e. The molecular formula is C13H17N3O3. The number of rotatable bonds is 2. The zero-order chi connectivity index (χ0) is 13.8. The Morgan fingerprint density at radius 1 is 1.37 bits per heavy atom. The number of nitrogens with one attached hydrogen (secondary N) is 2. The number of nitriles is 1. The minimum atomic E-state index is -0.753. The molecular weight excluding hydrogens is 246 g/mol. The molecule has 0 aromatic rings. The number of ether oxygens (including phenoxy) is 1. The second-order valence-electron chi connectivity index (χ2n) is 4.70. The molecule has 2 atom stereocenters. The molecule has 0 radical (unpaired) electrons. The van der Waals surface area contributed by atoms with E-state index >= 15 is 0 Å². The molecule has 0 unspecified atom stereocenters. The van der Waals surface area contributed by atoms with Gasteiger partial charge in [-0.3, -0.25) is 4.79 Å². The number of hydrogen-bond acceptors (Lipinski definition) is 5. The number of hydrogen-bond donors (Lipinski definition) is 2. The Hall–Kier alpha value is -2.03. The number of carbonyl (C=O) groups excluding carboxylic acids is 2. The number of fused-ring (bicyclic) bond motifs is 1. The molecule has 2 rings (SSSR count). The van der Waals surface area contributed by atoms with E-state index in [1.807, 2.05) is 0 Å². The average Bonchev–Trinajstić information content (AvgIpc) is 2.40. The third kappa shape index (κ3) is 2.70. The van der Waals surface area contributed by atoms with Gasteiger partial charge in [0.25, 0.3) is 5.91 Å². The highest BCUT2D eigenvalue weighted by molar-refractivity contribution is 6.05. The summed E-state index contributed by atoms with van der Waals surface area (Å²) < 4.78 is 4.79. The fraction of sp³-hybridized carbons (Fsp3) is 0.615. The number of piperazine rings is 1. The molecule has 1 saturated carbocycles. The van der Waals surface area contributed by atoms with E-state index in [0.717, 1.165) is 25.7 Å². The van der Waals surface area contributed by atoms with Gasteiger partial charge in [-0.15, -0.1) is 0 Å². The van der Waals surface area contributed by atoms with Crippen molar-refractivity contribution in [3.05, 3.63) is 11.3 Å². The van der Waals surface area contributed by atoms with Crippen molar-refractivity contribution in [2.24, 2.45) is 0 Å². The topological polar surface area (TPSA) is 91.2 Å². The lowest BCUT2D eigenvalue weighted by Gasteiger charge is -2.38. The summed E-state index contributed by atoms with van der Waals surface area (Å²) in [4.78, 5) is 23.6. The first-order valence-corrected chi connectivity index (χ1v) is 6.56. The SMILES string of the molecule is CCOC(=O)/C(C#N)=C1\N[C@@H]2CCCC[C@@H]2NC1=O. The van der Waals surface area contributed by atoms with E-state index in [2.05, 4.69) is 10.6 Å². The van der Waals surface area contributed by atoms with Crippen molar-refractivity contribution in [3.8, 4) is 6.07 Å². The molecule has 1 saturated heterocycles. The van der Waals surface area contributed by atoms with Gasteiger partial charge >= 0.3 is 5.97 Å². The molecule has 19 heavy (non-hydrogen) atoms. The highest BCUT2D eigenvalue weighted by Gasteiger charge is 2.36. The summed E-state index contributed by atoms with van der Waals surface area (Å²) in [7, 11) is 0. The molecule has 2 N–H and O–H groups in total. The predicted octanol–water partition coefficient (Wildman–Crippen LogP) is 0.358. The first kappa shape index (κ1) is 13.4. The molecule has 2 aliphatic rings. The molecule has 1 aliphatic carbocycles. The zero-order valence-corrected chi connectivity index (χ0v) is 10.9. The molecule has 102 valence electrons. The van der Waals surface area contributed by atoms with Crippen LogP contribution in [0.3, 0.4) is 0 Å². The summed E-state index contributed by atoms with van der Waals surface area (Å²) in [5, 5.41) is 15.0. The predicted molar refractivity (Wildman–Crippen MR) is 66.6 cm³/mol. The van der Waals surface area contributed by atoms with Gasteiger partial charge in [-0.2, -0.15) is 5.26 Å². The highest BCUT2D eigenvalue weighted by Crippen LogP contribution is 2.23. The van der Waals surface area contributed by atoms with E-state index in [1.165, 1.54) is 0 Å². The second kappa shape index (κ2) is 5.74. The van der Waals surface area contributed by atoms with Gasteiger partial charge in [-0.05, 0) is 19.8 Å². The van der Waals surface area contributed by atoms with Crippen molar-refractivity contribution >= 4 is 11.9 Å². The van der Waals surface area contributed by atoms with Crippen LogP contribution >= 0.6 is 0 Å². The summed E-state index contributed by atoms with van der Waals surface area (Å²) in [6, 6.07) is 1.95. The Bertz CT molecular complexity index is 464. The Kier molecular flexibility index (Phi) is 4.05. The first-order chi connectivity index (χ1) is 9.17. The second-order valence-corrected chi connectivity index (χ2v) is 4.70. The molecule has 1 aliphatic heterocycles. The summed E-state index contributed by atoms with van der Waals surface area (Å²) in [6.07, 6.45) is 4.03. The summed E-state index contributed by atoms with van der Waals surface area (Å²) in [5.41, 5.74) is -0.201. The van der Waals surface area contributed by atoms with E-state index < -0.39 is 11.9 Å². The van der Waals surface area contributed by atoms with Crippen LogP contribution in [0, 0.1) is 11.3 Å². The third-order valence-electron chi connectivity index (χ3n) is 3.48. The Morgan fingerprint density at radius 3 is 2.58 bits per heavy atom. The standard InChI is InChI=1S/C13H17N3O3/c1-2-19-13(18)8(7-14)11-12(17)16-10-6-4-3-5-9(10)15-11/h9-10,15H,2-6H2,1H3,(H,16,17)/b11-8-/t9-,10+/m1/s1. The lowest BCUT2D eigenvalue weighted by molar-refractivity contribution is -0.138. The molecule has 6 heteroatoms. The van der Waals surface area contributed by atoms with Crippen molar-refractivity contribution in [2.75, 3.05) is 6.61 Å². The molecule has 6 nitrogen and oxygen atoms in total. The fourth-order valence-corrected chi connectivity index (χ4v) is 2.56. The highest BCUT2D eigenvalue weighted by atomic mass is 16.5. The van der Waals surface area contributed by atoms with E-state index in [9.17, 15) is 9.59 Å². The van der Waals surface area contributed by atoms with Crippen LogP contribution in [0.5, 0.6) is 0 Å². The zero-order valence-electron chi connectivity index (χ0n) is 10.9. The number of carbonyl (C=O) groups is 2. The summed E-state index contributed by atoms with van der Waals surface area (Å²) >= 11 is 0. The van der Waals surface area contributed by atoms with Crippen LogP contribution in [0.2, 0.25) is 0 Å². The van der Waals surface area contributed by atoms with E-state index in [-0.39, 0.29) is 30.0 Å². The lowest BCUT2D eigenvalue weighted by atomic mass is 9.88. The van der Waals surface area contributed by atoms with Gasteiger partial charge in [0.15, 0.2) is 5.57 Å². The van der Waals surface area contributed by atoms with Crippen molar-refractivity contribution in [1.29, 1.82) is 5.26 Å². The van der Waals surface area contributed by atoms with Crippen molar-refractivity contribution < 1.29 is 14.3 Å². The molecule has 0 bridgehead atoms. The van der Waals surface area contributed by atoms with Gasteiger partial charge in [0, 0.05) is 12.1 Å². The smallest absolute Gasteiger partial charge is 0.351 e. The van der Waals surface area contributed by atoms with Crippen LogP contribution in [0.15, 0.2) is 11.3 Å². The summed E-state index contributed by atoms with van der Waals surface area (Å²) in [5.74, 6) is -1.15. The molecule has 0 aromatic carbocycles. The van der Waals surface area contributed by atoms with Crippen LogP contribution < -0.4 is 10.6 Å². The average molecular weight is 263 g/mol. The first-order valence-electron chi connectivity index (χ1n) is 6.56. The third-order valence-corrected chi connectivity index (χ3v) is 3.48. The molecule has 0 spiro atoms. The van der Waals surface area contributed by atoms with Crippen molar-refractivity contribution in [1.82, 2.24) is 10.6 Å². The van der Waals surface area contributed by atoms with Crippen molar-refractivity contribution in [3.63, 3.8) is 0 Å². The minimum Gasteiger partial charge on any atom is -0.462 e. The van der Waals surface area contributed by atoms with E-state index in [0.29, 0.717) is 0 Å². The van der Waals surface area contributed by atoms with E-state index in [1.54, 1.807) is 13.0 Å². The maximum Gasteiger partial charge on any atom is 0.351 e. The molecule has 2 fully saturated rings. The lowest BCUT2D eigenvalue weighted by Crippen LogP contribution is -2.59. The van der Waals surface area contributed by atoms with Gasteiger partial charge in [-0.1, -0.05) is 12.8 Å². The Labute approximate surface area is 111 Å². The van der Waals surface area contributed by atoms with Gasteiger partial charge in [-0.25, -0.2) is 4.79 Å². The van der Waals surface area contributed by atoms with Crippen molar-refractivity contribution in [2.45, 2.75) is 44.7 Å². The quantitative estimate of drug-likeness (QED) is 0.426. The van der Waals surface area contributed by atoms with Crippen LogP contribution in [0.4, 0.5) is 0 Å². The maximum absolute atomic E-state index is 12.0. The van der Waals surface area contributed by atoms with Gasteiger partial charge < -0.3 is 15.4 Å². The van der Waals surface area contributed by atoms with Crippen LogP contribution in [0.25, 0.3) is 0 Å². The molecule has 0 aromatic heterocycles. The van der Waals surface area contributed by atoms with Gasteiger partial charge in [0.2, 0.25) is 0 Å². The van der Waals surface area contributed by atoms with Crippen LogP contribution in [0.1, 0.15) is 32.6 Å². The van der Waals surface area contributed by atoms with Gasteiger partial charge in [0.1, 0.15) is 11.8 Å². The fourth-order valence-electron chi connectivity index (χ4n) is 2.56. The Morgan fingerprint density at radius 2 is 2.00 bits per heavy atom. The summed E-state index contributed by atoms with van der Waals surface area (Å²) in [6.45, 7) is 1.83. The number of nitrogens with zero attached hydrogens (tertiary/aromatic N) is 1. The van der Waals surface area contributed by atoms with Crippen LogP contribution in [-0.4, -0.2) is 30.6 Å². The normalized spacial score (nSPS) is 28.3. The van der Waals surface area contributed by atoms with E-state index in [4.69, 9.17) is 10.00 Å². The van der Waals surface area contributed by atoms with Gasteiger partial charge in [0.05, 0.1) is 6.61 Å². The Balaban J connectivity index is 2.24. The van der Waals surface area contributed by atoms with Crippen LogP contribution in [-0.2, 0) is 14.3 Å². The molecule has 1 heterocycles. The monoisotopic (exact) mass is 263 g/mol.